The summed E-state index contributed by atoms with van der Waals surface area (Å²) >= 11 is 0. The van der Waals surface area contributed by atoms with Gasteiger partial charge in [-0.05, 0) is 32.9 Å². The van der Waals surface area contributed by atoms with Gasteiger partial charge < -0.3 is 14.8 Å². The van der Waals surface area contributed by atoms with Gasteiger partial charge in [-0.25, -0.2) is 4.79 Å². The Kier molecular flexibility index (Phi) is 3.91. The number of amides is 1. The highest BCUT2D eigenvalue weighted by Crippen LogP contribution is 2.21. The third kappa shape index (κ3) is 3.16. The molecule has 3 aromatic rings. The fourth-order valence-electron chi connectivity index (χ4n) is 2.13. The highest BCUT2D eigenvalue weighted by atomic mass is 16.4. The molecule has 0 fully saturated rings. The lowest BCUT2D eigenvalue weighted by molar-refractivity contribution is -0.146. The van der Waals surface area contributed by atoms with Gasteiger partial charge >= 0.3 is 5.97 Å². The normalized spacial score (nSPS) is 11.5. The van der Waals surface area contributed by atoms with Crippen LogP contribution < -0.4 is 5.32 Å². The average Bonchev–Trinajstić information content (AvgIpc) is 3.26. The molecule has 0 bridgehead atoms. The number of carbonyl (C=O) groups excluding carboxylic acids is 1. The number of aromatic amines is 1. The number of anilines is 1. The summed E-state index contributed by atoms with van der Waals surface area (Å²) in [4.78, 5) is 23.5. The Morgan fingerprint density at radius 2 is 2.12 bits per heavy atom. The van der Waals surface area contributed by atoms with Crippen molar-refractivity contribution in [3.8, 4) is 11.5 Å². The molecule has 3 aromatic heterocycles. The molecule has 0 saturated heterocycles. The van der Waals surface area contributed by atoms with Crippen LogP contribution in [0, 0.1) is 6.92 Å². The van der Waals surface area contributed by atoms with E-state index in [0.717, 1.165) is 5.76 Å². The zero-order valence-electron chi connectivity index (χ0n) is 13.9. The Hall–Kier alpha value is -3.36. The van der Waals surface area contributed by atoms with E-state index in [0.29, 0.717) is 17.1 Å². The molecule has 0 aliphatic heterocycles. The number of H-pyrrole nitrogens is 1. The van der Waals surface area contributed by atoms with E-state index in [4.69, 9.17) is 4.42 Å². The van der Waals surface area contributed by atoms with Crippen molar-refractivity contribution >= 4 is 17.6 Å². The number of nitrogens with one attached hydrogen (secondary N) is 2. The standard InChI is InChI=1S/C16H17N5O4/c1-9-4-5-13(25-9)11-6-12(20-19-11)14(22)18-10-7-17-21(8-10)16(2,3)15(23)24/h4-8H,1-3H3,(H,18,22)(H,19,20)(H,23,24). The first-order valence-electron chi connectivity index (χ1n) is 7.49. The topological polar surface area (TPSA) is 126 Å². The summed E-state index contributed by atoms with van der Waals surface area (Å²) in [5.41, 5.74) is -0.0902. The number of hydrogen-bond acceptors (Lipinski definition) is 5. The van der Waals surface area contributed by atoms with Crippen LogP contribution in [0.5, 0.6) is 0 Å². The van der Waals surface area contributed by atoms with Gasteiger partial charge in [-0.2, -0.15) is 10.2 Å². The molecule has 1 amide bonds. The largest absolute Gasteiger partial charge is 0.479 e. The minimum Gasteiger partial charge on any atom is -0.479 e. The third-order valence-electron chi connectivity index (χ3n) is 3.75. The van der Waals surface area contributed by atoms with Crippen LogP contribution in [0.4, 0.5) is 5.69 Å². The van der Waals surface area contributed by atoms with Crippen molar-refractivity contribution in [3.63, 3.8) is 0 Å². The van der Waals surface area contributed by atoms with Crippen molar-refractivity contribution in [1.29, 1.82) is 0 Å². The van der Waals surface area contributed by atoms with Crippen molar-refractivity contribution in [2.24, 2.45) is 0 Å². The van der Waals surface area contributed by atoms with E-state index in [1.54, 1.807) is 12.1 Å². The Bertz CT molecular complexity index is 934. The maximum absolute atomic E-state index is 12.3. The van der Waals surface area contributed by atoms with Gasteiger partial charge in [0.1, 0.15) is 11.5 Å². The molecule has 0 aromatic carbocycles. The van der Waals surface area contributed by atoms with Gasteiger partial charge in [-0.3, -0.25) is 14.6 Å². The molecular weight excluding hydrogens is 326 g/mol. The fraction of sp³-hybridized carbons (Fsp3) is 0.250. The monoisotopic (exact) mass is 343 g/mol. The van der Waals surface area contributed by atoms with E-state index in [1.807, 2.05) is 13.0 Å². The maximum Gasteiger partial charge on any atom is 0.331 e. The van der Waals surface area contributed by atoms with Gasteiger partial charge in [0.15, 0.2) is 17.0 Å². The van der Waals surface area contributed by atoms with E-state index < -0.39 is 17.4 Å². The third-order valence-corrected chi connectivity index (χ3v) is 3.75. The number of carbonyl (C=O) groups is 2. The smallest absolute Gasteiger partial charge is 0.331 e. The average molecular weight is 343 g/mol. The number of aryl methyl sites for hydroxylation is 1. The molecule has 0 unspecified atom stereocenters. The molecule has 9 nitrogen and oxygen atoms in total. The van der Waals surface area contributed by atoms with Crippen LogP contribution in [-0.2, 0) is 10.3 Å². The van der Waals surface area contributed by atoms with Gasteiger partial charge in [-0.1, -0.05) is 0 Å². The second-order valence-corrected chi connectivity index (χ2v) is 6.07. The van der Waals surface area contributed by atoms with Crippen LogP contribution in [0.25, 0.3) is 11.5 Å². The van der Waals surface area contributed by atoms with E-state index in [2.05, 4.69) is 20.6 Å². The summed E-state index contributed by atoms with van der Waals surface area (Å²) in [5, 5.41) is 22.5. The summed E-state index contributed by atoms with van der Waals surface area (Å²) in [5.74, 6) is -0.137. The van der Waals surface area contributed by atoms with Crippen LogP contribution >= 0.6 is 0 Å². The van der Waals surface area contributed by atoms with Crippen molar-refractivity contribution in [2.75, 3.05) is 5.32 Å². The highest BCUT2D eigenvalue weighted by Gasteiger charge is 2.30. The van der Waals surface area contributed by atoms with Gasteiger partial charge in [-0.15, -0.1) is 0 Å². The lowest BCUT2D eigenvalue weighted by Gasteiger charge is -2.19. The van der Waals surface area contributed by atoms with Crippen LogP contribution in [0.1, 0.15) is 30.1 Å². The molecule has 3 heterocycles. The molecule has 25 heavy (non-hydrogen) atoms. The number of rotatable bonds is 5. The van der Waals surface area contributed by atoms with Crippen LogP contribution in [0.2, 0.25) is 0 Å². The fourth-order valence-corrected chi connectivity index (χ4v) is 2.13. The molecule has 9 heteroatoms. The quantitative estimate of drug-likeness (QED) is 0.652. The lowest BCUT2D eigenvalue weighted by atomic mass is 10.1. The molecule has 0 aliphatic carbocycles. The first-order valence-corrected chi connectivity index (χ1v) is 7.49. The molecule has 0 aliphatic rings. The zero-order valence-corrected chi connectivity index (χ0v) is 13.9. The van der Waals surface area contributed by atoms with Gasteiger partial charge in [0.2, 0.25) is 0 Å². The van der Waals surface area contributed by atoms with Crippen molar-refractivity contribution in [1.82, 2.24) is 20.0 Å². The number of aliphatic carboxylic acids is 1. The minimum atomic E-state index is -1.22. The summed E-state index contributed by atoms with van der Waals surface area (Å²) in [6, 6.07) is 5.16. The number of nitrogens with zero attached hydrogens (tertiary/aromatic N) is 3. The molecule has 130 valence electrons. The van der Waals surface area contributed by atoms with Gasteiger partial charge in [0.25, 0.3) is 5.91 Å². The molecule has 0 saturated carbocycles. The number of hydrogen-bond donors (Lipinski definition) is 3. The summed E-state index contributed by atoms with van der Waals surface area (Å²) in [6.07, 6.45) is 2.83. The minimum absolute atomic E-state index is 0.175. The second kappa shape index (κ2) is 5.93. The molecular formula is C16H17N5O4. The van der Waals surface area contributed by atoms with E-state index >= 15 is 0 Å². The summed E-state index contributed by atoms with van der Waals surface area (Å²) < 4.78 is 6.74. The van der Waals surface area contributed by atoms with Crippen LogP contribution in [0.15, 0.2) is 35.0 Å². The highest BCUT2D eigenvalue weighted by molar-refractivity contribution is 6.03. The predicted molar refractivity (Wildman–Crippen MR) is 88.2 cm³/mol. The molecule has 0 atom stereocenters. The van der Waals surface area contributed by atoms with E-state index in [1.165, 1.54) is 30.9 Å². The maximum atomic E-state index is 12.3. The van der Waals surface area contributed by atoms with Crippen LogP contribution in [0.3, 0.4) is 0 Å². The molecule has 3 N–H and O–H groups in total. The van der Waals surface area contributed by atoms with Crippen molar-refractivity contribution in [2.45, 2.75) is 26.3 Å². The first kappa shape index (κ1) is 16.5. The molecule has 0 radical (unpaired) electrons. The predicted octanol–water partition coefficient (Wildman–Crippen LogP) is 2.25. The number of aromatic nitrogens is 4. The van der Waals surface area contributed by atoms with Gasteiger partial charge in [0.05, 0.1) is 11.9 Å². The number of carboxylic acid groups (broad SMARTS) is 1. The SMILES string of the molecule is Cc1ccc(-c2cc(C(=O)Nc3cnn(C(C)(C)C(=O)O)c3)n[nH]2)o1. The Balaban J connectivity index is 1.74. The Morgan fingerprint density at radius 3 is 2.76 bits per heavy atom. The molecule has 0 spiro atoms. The first-order chi connectivity index (χ1) is 11.8. The zero-order chi connectivity index (χ0) is 18.2. The Morgan fingerprint density at radius 1 is 1.36 bits per heavy atom. The summed E-state index contributed by atoms with van der Waals surface area (Å²) in [6.45, 7) is 4.85. The van der Waals surface area contributed by atoms with Crippen molar-refractivity contribution < 1.29 is 19.1 Å². The van der Waals surface area contributed by atoms with E-state index in [9.17, 15) is 14.7 Å². The number of furan rings is 1. The second-order valence-electron chi connectivity index (χ2n) is 6.07. The summed E-state index contributed by atoms with van der Waals surface area (Å²) in [7, 11) is 0. The van der Waals surface area contributed by atoms with Gasteiger partial charge in [0, 0.05) is 12.3 Å². The van der Waals surface area contributed by atoms with Crippen molar-refractivity contribution in [3.05, 3.63) is 42.0 Å². The number of carboxylic acids is 1. The lowest BCUT2D eigenvalue weighted by Crippen LogP contribution is -2.35. The molecule has 3 rings (SSSR count). The van der Waals surface area contributed by atoms with Crippen LogP contribution in [-0.4, -0.2) is 37.0 Å². The Labute approximate surface area is 142 Å². The van der Waals surface area contributed by atoms with E-state index in [-0.39, 0.29) is 5.69 Å².